The maximum Gasteiger partial charge on any atom is 0.326 e. The molecule has 2 amide bonds. The summed E-state index contributed by atoms with van der Waals surface area (Å²) in [5.41, 5.74) is 0.689. The Morgan fingerprint density at radius 1 is 0.920 bits per heavy atom. The van der Waals surface area contributed by atoms with E-state index in [4.69, 9.17) is 10.2 Å². The molecular formula is C15H17IN2O7. The lowest BCUT2D eigenvalue weighted by molar-refractivity contribution is -0.140. The molecule has 0 aliphatic heterocycles. The van der Waals surface area contributed by atoms with E-state index in [-0.39, 0.29) is 12.8 Å². The quantitative estimate of drug-likeness (QED) is 0.341. The van der Waals surface area contributed by atoms with Crippen LogP contribution >= 0.6 is 22.6 Å². The molecule has 1 aromatic rings. The summed E-state index contributed by atoms with van der Waals surface area (Å²) in [5.74, 6) is -3.87. The van der Waals surface area contributed by atoms with Crippen LogP contribution in [0, 0.1) is 3.57 Å². The number of carbonyl (C=O) groups is 4. The Bertz CT molecular complexity index is 648. The van der Waals surface area contributed by atoms with E-state index in [1.807, 2.05) is 0 Å². The second kappa shape index (κ2) is 9.81. The summed E-state index contributed by atoms with van der Waals surface area (Å²) < 4.78 is 0.974. The first-order chi connectivity index (χ1) is 11.7. The largest absolute Gasteiger partial charge is 0.481 e. The van der Waals surface area contributed by atoms with Crippen LogP contribution in [-0.4, -0.2) is 51.3 Å². The van der Waals surface area contributed by atoms with E-state index in [1.165, 1.54) is 0 Å². The number of aliphatic carboxylic acids is 3. The number of urea groups is 1. The van der Waals surface area contributed by atoms with Gasteiger partial charge in [0.25, 0.3) is 0 Å². The molecule has 0 bridgehead atoms. The van der Waals surface area contributed by atoms with Gasteiger partial charge in [-0.1, -0.05) is 12.1 Å². The van der Waals surface area contributed by atoms with Crippen LogP contribution < -0.4 is 10.6 Å². The Morgan fingerprint density at radius 3 is 1.92 bits per heavy atom. The Balaban J connectivity index is 2.68. The summed E-state index contributed by atoms with van der Waals surface area (Å²) in [6.07, 6.45) is -0.734. The fraction of sp³-hybridized carbons (Fsp3) is 0.333. The molecular weight excluding hydrogens is 447 g/mol. The molecule has 2 atom stereocenters. The van der Waals surface area contributed by atoms with Gasteiger partial charge < -0.3 is 26.0 Å². The van der Waals surface area contributed by atoms with E-state index < -0.39 is 42.4 Å². The zero-order valence-electron chi connectivity index (χ0n) is 12.9. The van der Waals surface area contributed by atoms with Gasteiger partial charge in [0.05, 0.1) is 0 Å². The fourth-order valence-corrected chi connectivity index (χ4v) is 2.30. The van der Waals surface area contributed by atoms with Crippen molar-refractivity contribution in [3.8, 4) is 0 Å². The number of nitrogens with one attached hydrogen (secondary N) is 2. The molecule has 10 heteroatoms. The van der Waals surface area contributed by atoms with Crippen LogP contribution in [0.5, 0.6) is 0 Å². The first-order valence-electron chi connectivity index (χ1n) is 7.18. The molecule has 0 unspecified atom stereocenters. The minimum absolute atomic E-state index is 0.0204. The molecule has 136 valence electrons. The SMILES string of the molecule is O=C(O)CC[C@H](NC(=O)N[C@@H](Cc1ccc(I)cc1)C(=O)O)C(=O)O. The first-order valence-corrected chi connectivity index (χ1v) is 8.25. The molecule has 0 fully saturated rings. The Morgan fingerprint density at radius 2 is 1.44 bits per heavy atom. The number of carbonyl (C=O) groups excluding carboxylic acids is 1. The second-order valence-corrected chi connectivity index (χ2v) is 6.41. The topological polar surface area (TPSA) is 153 Å². The average Bonchev–Trinajstić information content (AvgIpc) is 2.52. The molecule has 5 N–H and O–H groups in total. The van der Waals surface area contributed by atoms with Crippen molar-refractivity contribution in [3.63, 3.8) is 0 Å². The lowest BCUT2D eigenvalue weighted by atomic mass is 10.1. The number of amides is 2. The number of benzene rings is 1. The summed E-state index contributed by atoms with van der Waals surface area (Å²) in [5, 5.41) is 31.1. The lowest BCUT2D eigenvalue weighted by Crippen LogP contribution is -2.51. The Hall–Kier alpha value is -2.37. The van der Waals surface area contributed by atoms with Gasteiger partial charge in [0.1, 0.15) is 12.1 Å². The number of halogens is 1. The van der Waals surface area contributed by atoms with Crippen molar-refractivity contribution in [2.45, 2.75) is 31.3 Å². The van der Waals surface area contributed by atoms with Gasteiger partial charge in [-0.25, -0.2) is 14.4 Å². The standard InChI is InChI=1S/C15H17IN2O7/c16-9-3-1-8(2-4-9)7-11(14(23)24)18-15(25)17-10(13(21)22)5-6-12(19)20/h1-4,10-11H,5-7H2,(H,19,20)(H,21,22)(H,23,24)(H2,17,18,25)/t10-,11-/m0/s1. The van der Waals surface area contributed by atoms with Crippen LogP contribution in [-0.2, 0) is 20.8 Å². The molecule has 0 spiro atoms. The number of carboxylic acid groups (broad SMARTS) is 3. The highest BCUT2D eigenvalue weighted by molar-refractivity contribution is 14.1. The third kappa shape index (κ3) is 7.83. The number of rotatable bonds is 9. The van der Waals surface area contributed by atoms with E-state index in [2.05, 4.69) is 33.2 Å². The van der Waals surface area contributed by atoms with E-state index in [9.17, 15) is 24.3 Å². The third-order valence-corrected chi connectivity index (χ3v) is 3.93. The summed E-state index contributed by atoms with van der Waals surface area (Å²) in [4.78, 5) is 44.7. The zero-order valence-corrected chi connectivity index (χ0v) is 15.1. The first kappa shape index (κ1) is 20.7. The van der Waals surface area contributed by atoms with Gasteiger partial charge >= 0.3 is 23.9 Å². The van der Waals surface area contributed by atoms with Crippen LogP contribution in [0.15, 0.2) is 24.3 Å². The molecule has 0 aliphatic carbocycles. The van der Waals surface area contributed by atoms with E-state index in [1.54, 1.807) is 24.3 Å². The van der Waals surface area contributed by atoms with Gasteiger partial charge in [-0.2, -0.15) is 0 Å². The maximum atomic E-state index is 11.9. The fourth-order valence-electron chi connectivity index (χ4n) is 1.94. The van der Waals surface area contributed by atoms with Gasteiger partial charge in [0.15, 0.2) is 0 Å². The average molecular weight is 464 g/mol. The Labute approximate surface area is 156 Å². The summed E-state index contributed by atoms with van der Waals surface area (Å²) in [6, 6.07) is 3.37. The molecule has 0 saturated heterocycles. The predicted molar refractivity (Wildman–Crippen MR) is 94.2 cm³/mol. The highest BCUT2D eigenvalue weighted by atomic mass is 127. The van der Waals surface area contributed by atoms with Crippen LogP contribution in [0.4, 0.5) is 4.79 Å². The molecule has 9 nitrogen and oxygen atoms in total. The summed E-state index contributed by atoms with van der Waals surface area (Å²) >= 11 is 2.10. The highest BCUT2D eigenvalue weighted by Crippen LogP contribution is 2.09. The van der Waals surface area contributed by atoms with Crippen LogP contribution in [0.1, 0.15) is 18.4 Å². The van der Waals surface area contributed by atoms with Crippen molar-refractivity contribution >= 4 is 46.5 Å². The second-order valence-electron chi connectivity index (χ2n) is 5.16. The summed E-state index contributed by atoms with van der Waals surface area (Å²) in [6.45, 7) is 0. The summed E-state index contributed by atoms with van der Waals surface area (Å²) in [7, 11) is 0. The molecule has 0 radical (unpaired) electrons. The minimum atomic E-state index is -1.43. The third-order valence-electron chi connectivity index (χ3n) is 3.21. The highest BCUT2D eigenvalue weighted by Gasteiger charge is 2.25. The molecule has 0 aromatic heterocycles. The van der Waals surface area contributed by atoms with E-state index in [0.29, 0.717) is 5.56 Å². The maximum absolute atomic E-state index is 11.9. The van der Waals surface area contributed by atoms with Crippen molar-refractivity contribution in [3.05, 3.63) is 33.4 Å². The smallest absolute Gasteiger partial charge is 0.326 e. The van der Waals surface area contributed by atoms with Crippen LogP contribution in [0.25, 0.3) is 0 Å². The van der Waals surface area contributed by atoms with Crippen LogP contribution in [0.3, 0.4) is 0 Å². The molecule has 1 aromatic carbocycles. The van der Waals surface area contributed by atoms with Gasteiger partial charge in [-0.3, -0.25) is 4.79 Å². The molecule has 0 saturated carbocycles. The Kier molecular flexibility index (Phi) is 8.11. The van der Waals surface area contributed by atoms with Crippen molar-refractivity contribution in [1.82, 2.24) is 10.6 Å². The monoisotopic (exact) mass is 464 g/mol. The van der Waals surface area contributed by atoms with Crippen molar-refractivity contribution in [1.29, 1.82) is 0 Å². The molecule has 25 heavy (non-hydrogen) atoms. The minimum Gasteiger partial charge on any atom is -0.481 e. The van der Waals surface area contributed by atoms with E-state index in [0.717, 1.165) is 3.57 Å². The molecule has 0 heterocycles. The van der Waals surface area contributed by atoms with Gasteiger partial charge in [-0.05, 0) is 46.7 Å². The van der Waals surface area contributed by atoms with E-state index >= 15 is 0 Å². The number of carboxylic acids is 3. The molecule has 0 aliphatic rings. The van der Waals surface area contributed by atoms with Crippen LogP contribution in [0.2, 0.25) is 0 Å². The predicted octanol–water partition coefficient (Wildman–Crippen LogP) is 0.904. The van der Waals surface area contributed by atoms with Gasteiger partial charge in [0.2, 0.25) is 0 Å². The van der Waals surface area contributed by atoms with Gasteiger partial charge in [0, 0.05) is 16.4 Å². The normalized spacial score (nSPS) is 12.7. The number of hydrogen-bond acceptors (Lipinski definition) is 4. The van der Waals surface area contributed by atoms with Crippen molar-refractivity contribution in [2.24, 2.45) is 0 Å². The number of hydrogen-bond donors (Lipinski definition) is 5. The molecule has 1 rings (SSSR count). The zero-order chi connectivity index (χ0) is 19.0. The van der Waals surface area contributed by atoms with Crippen molar-refractivity contribution < 1.29 is 34.5 Å². The lowest BCUT2D eigenvalue weighted by Gasteiger charge is -2.18. The van der Waals surface area contributed by atoms with Gasteiger partial charge in [-0.15, -0.1) is 0 Å². The van der Waals surface area contributed by atoms with Crippen molar-refractivity contribution in [2.75, 3.05) is 0 Å².